The van der Waals surface area contributed by atoms with Crippen molar-refractivity contribution in [3.8, 4) is 23.0 Å². The van der Waals surface area contributed by atoms with Gasteiger partial charge in [0.2, 0.25) is 0 Å². The first-order valence-electron chi connectivity index (χ1n) is 16.4. The number of hydrogen-bond donors (Lipinski definition) is 4. The summed E-state index contributed by atoms with van der Waals surface area (Å²) < 4.78 is 0. The van der Waals surface area contributed by atoms with Crippen molar-refractivity contribution in [2.45, 2.75) is 79.1 Å². The molecule has 0 atom stereocenters. The average molecular weight is 649 g/mol. The molecule has 0 saturated carbocycles. The van der Waals surface area contributed by atoms with Crippen LogP contribution in [0.3, 0.4) is 0 Å². The van der Waals surface area contributed by atoms with E-state index >= 15 is 0 Å². The molecule has 5 rings (SSSR count). The predicted molar refractivity (Wildman–Crippen MR) is 182 cm³/mol. The van der Waals surface area contributed by atoms with Gasteiger partial charge in [0.15, 0.2) is 23.1 Å². The third kappa shape index (κ3) is 6.61. The summed E-state index contributed by atoms with van der Waals surface area (Å²) in [6.45, 7) is 6.91. The summed E-state index contributed by atoms with van der Waals surface area (Å²) >= 11 is 0. The van der Waals surface area contributed by atoms with Crippen molar-refractivity contribution in [3.63, 3.8) is 0 Å². The van der Waals surface area contributed by atoms with Gasteiger partial charge >= 0.3 is 0 Å². The van der Waals surface area contributed by atoms with E-state index in [1.807, 2.05) is 0 Å². The van der Waals surface area contributed by atoms with Gasteiger partial charge in [0.05, 0.1) is 0 Å². The third-order valence-corrected chi connectivity index (χ3v) is 9.17. The molecule has 8 bridgehead atoms. The summed E-state index contributed by atoms with van der Waals surface area (Å²) in [5.41, 5.74) is 4.04. The minimum absolute atomic E-state index is 0.0372. The molecule has 48 heavy (non-hydrogen) atoms. The van der Waals surface area contributed by atoms with Gasteiger partial charge in [-0.3, -0.25) is 19.2 Å². The molecule has 8 nitrogen and oxygen atoms in total. The first-order chi connectivity index (χ1) is 22.9. The van der Waals surface area contributed by atoms with Crippen molar-refractivity contribution in [1.82, 2.24) is 0 Å². The van der Waals surface area contributed by atoms with Gasteiger partial charge in [-0.25, -0.2) is 0 Å². The molecule has 4 aromatic carbocycles. The number of hydrogen-bond acceptors (Lipinski definition) is 8. The van der Waals surface area contributed by atoms with E-state index in [0.29, 0.717) is 66.8 Å². The maximum atomic E-state index is 13.0. The largest absolute Gasteiger partial charge is 0.507 e. The van der Waals surface area contributed by atoms with Crippen molar-refractivity contribution in [2.24, 2.45) is 0 Å². The molecule has 0 unspecified atom stereocenters. The highest BCUT2D eigenvalue weighted by Gasteiger charge is 2.24. The zero-order chi connectivity index (χ0) is 34.9. The smallest absolute Gasteiger partial charge is 0.162 e. The Hall–Kier alpha value is -5.24. The fraction of sp³-hybridized carbons (Fsp3) is 0.300. The first-order valence-corrected chi connectivity index (χ1v) is 16.4. The molecule has 248 valence electrons. The number of benzene rings is 4. The number of carbonyl (C=O) groups excluding carboxylic acids is 4. The minimum atomic E-state index is -0.169. The van der Waals surface area contributed by atoms with E-state index in [-0.39, 0.29) is 97.5 Å². The molecular weight excluding hydrogens is 608 g/mol. The molecular formula is C40H40O8. The molecule has 1 aliphatic rings. The second kappa shape index (κ2) is 13.9. The van der Waals surface area contributed by atoms with E-state index in [1.165, 1.54) is 0 Å². The van der Waals surface area contributed by atoms with Crippen LogP contribution >= 0.6 is 0 Å². The summed E-state index contributed by atoms with van der Waals surface area (Å²) in [6, 6.07) is 12.6. The first kappa shape index (κ1) is 34.1. The number of aromatic hydroxyl groups is 4. The quantitative estimate of drug-likeness (QED) is 0.126. The highest BCUT2D eigenvalue weighted by molar-refractivity contribution is 5.99. The van der Waals surface area contributed by atoms with E-state index in [9.17, 15) is 39.6 Å². The van der Waals surface area contributed by atoms with Gasteiger partial charge in [-0.1, -0.05) is 27.7 Å². The van der Waals surface area contributed by atoms with E-state index in [4.69, 9.17) is 0 Å². The van der Waals surface area contributed by atoms with Crippen molar-refractivity contribution in [3.05, 3.63) is 115 Å². The summed E-state index contributed by atoms with van der Waals surface area (Å²) in [5, 5.41) is 46.4. The third-order valence-electron chi connectivity index (χ3n) is 9.17. The van der Waals surface area contributed by atoms with Crippen molar-refractivity contribution in [2.75, 3.05) is 0 Å². The van der Waals surface area contributed by atoms with E-state index < -0.39 is 0 Å². The Morgan fingerprint density at radius 1 is 0.375 bits per heavy atom. The molecule has 0 amide bonds. The Kier molecular flexibility index (Phi) is 9.85. The molecule has 4 N–H and O–H groups in total. The van der Waals surface area contributed by atoms with Crippen molar-refractivity contribution >= 4 is 23.1 Å². The molecule has 0 radical (unpaired) electrons. The number of fused-ring (bicyclic) bond motifs is 8. The SMILES string of the molecule is CCC(=O)c1cc2c(O)c(c1)Cc1cc(C(=O)CC)cc(c1O)Cc1cc(C(=O)CC)cc(c1O)Cc1cc(C(=O)CC)cc(c1O)C2. The number of Topliss-reactive ketones (excluding diaryl/α,β-unsaturated/α-hetero) is 4. The van der Waals surface area contributed by atoms with Crippen LogP contribution in [0.25, 0.3) is 0 Å². The number of phenols is 4. The number of phenolic OH excluding ortho intramolecular Hbond substituents is 4. The highest BCUT2D eigenvalue weighted by atomic mass is 16.3. The lowest BCUT2D eigenvalue weighted by Gasteiger charge is -2.19. The summed E-state index contributed by atoms with van der Waals surface area (Å²) in [7, 11) is 0. The van der Waals surface area contributed by atoms with E-state index in [2.05, 4.69) is 0 Å². The maximum Gasteiger partial charge on any atom is 0.162 e. The van der Waals surface area contributed by atoms with Crippen molar-refractivity contribution < 1.29 is 39.6 Å². The number of ketones is 4. The van der Waals surface area contributed by atoms with Gasteiger partial charge in [0.1, 0.15) is 23.0 Å². The molecule has 8 heteroatoms. The Bertz CT molecular complexity index is 1610. The van der Waals surface area contributed by atoms with Crippen LogP contribution in [-0.4, -0.2) is 43.6 Å². The molecule has 0 aliphatic heterocycles. The van der Waals surface area contributed by atoms with Crippen LogP contribution in [0, 0.1) is 0 Å². The van der Waals surface area contributed by atoms with Crippen molar-refractivity contribution in [1.29, 1.82) is 0 Å². The summed E-state index contributed by atoms with van der Waals surface area (Å²) in [6.07, 6.45) is 0.681. The van der Waals surface area contributed by atoms with Crippen LogP contribution < -0.4 is 0 Å². The van der Waals surface area contributed by atoms with Gasteiger partial charge < -0.3 is 20.4 Å². The predicted octanol–water partition coefficient (Wildman–Crippen LogP) is 7.56. The number of carbonyl (C=O) groups is 4. The summed E-state index contributed by atoms with van der Waals surface area (Å²) in [4.78, 5) is 51.9. The Labute approximate surface area is 279 Å². The Morgan fingerprint density at radius 2 is 0.521 bits per heavy atom. The van der Waals surface area contributed by atoms with Gasteiger partial charge in [-0.05, 0) is 93.0 Å². The zero-order valence-corrected chi connectivity index (χ0v) is 27.7. The molecule has 0 aromatic heterocycles. The highest BCUT2D eigenvalue weighted by Crippen LogP contribution is 2.39. The zero-order valence-electron chi connectivity index (χ0n) is 27.7. The monoisotopic (exact) mass is 648 g/mol. The van der Waals surface area contributed by atoms with Gasteiger partial charge in [0, 0.05) is 73.6 Å². The van der Waals surface area contributed by atoms with Crippen LogP contribution in [0.5, 0.6) is 23.0 Å². The molecule has 1 aliphatic carbocycles. The van der Waals surface area contributed by atoms with E-state index in [0.717, 1.165) is 0 Å². The Morgan fingerprint density at radius 3 is 0.646 bits per heavy atom. The fourth-order valence-corrected chi connectivity index (χ4v) is 6.40. The van der Waals surface area contributed by atoms with Gasteiger partial charge in [-0.2, -0.15) is 0 Å². The van der Waals surface area contributed by atoms with Crippen LogP contribution in [0.4, 0.5) is 0 Å². The van der Waals surface area contributed by atoms with Crippen LogP contribution in [0.2, 0.25) is 0 Å². The fourth-order valence-electron chi connectivity index (χ4n) is 6.40. The molecule has 0 heterocycles. The minimum Gasteiger partial charge on any atom is -0.507 e. The normalized spacial score (nSPS) is 12.4. The molecule has 4 aromatic rings. The average Bonchev–Trinajstić information content (AvgIpc) is 3.08. The van der Waals surface area contributed by atoms with Crippen LogP contribution in [0.1, 0.15) is 139 Å². The molecule has 0 saturated heterocycles. The standard InChI is InChI=1S/C40H40O8/c1-5-33(41)21-9-25-17-27-11-22(34(42)6-2)13-29(38(27)46)19-31-15-24(36(44)8-4)16-32(40(31)48)20-30-14-23(35(43)7-3)12-28(39(30)47)18-26(10-21)37(25)45/h9-16,45-48H,5-8,17-20H2,1-4H3. The lowest BCUT2D eigenvalue weighted by molar-refractivity contribution is 0.0980. The maximum absolute atomic E-state index is 13.0. The summed E-state index contributed by atoms with van der Waals surface area (Å²) in [5.74, 6) is -1.22. The second-order valence-electron chi connectivity index (χ2n) is 12.4. The van der Waals surface area contributed by atoms with Gasteiger partial charge in [0.25, 0.3) is 0 Å². The lowest BCUT2D eigenvalue weighted by atomic mass is 9.87. The van der Waals surface area contributed by atoms with Gasteiger partial charge in [-0.15, -0.1) is 0 Å². The Balaban J connectivity index is 1.86. The van der Waals surface area contributed by atoms with Crippen LogP contribution in [-0.2, 0) is 25.7 Å². The van der Waals surface area contributed by atoms with Crippen LogP contribution in [0.15, 0.2) is 48.5 Å². The topological polar surface area (TPSA) is 149 Å². The van der Waals surface area contributed by atoms with E-state index in [1.54, 1.807) is 76.2 Å². The molecule has 0 fully saturated rings. The lowest BCUT2D eigenvalue weighted by Crippen LogP contribution is -2.08. The second-order valence-corrected chi connectivity index (χ2v) is 12.4. The molecule has 0 spiro atoms. The number of rotatable bonds is 8.